The summed E-state index contributed by atoms with van der Waals surface area (Å²) in [5.41, 5.74) is 4.64. The van der Waals surface area contributed by atoms with Crippen LogP contribution in [-0.2, 0) is 4.74 Å². The van der Waals surface area contributed by atoms with E-state index in [1.165, 1.54) is 14.2 Å². The van der Waals surface area contributed by atoms with Gasteiger partial charge in [0.2, 0.25) is 0 Å². The van der Waals surface area contributed by atoms with Gasteiger partial charge < -0.3 is 9.47 Å². The number of nitrogens with zero attached hydrogens (tertiary/aromatic N) is 1. The number of methoxy groups -OCH3 is 2. The number of ether oxygens (including phenoxy) is 2. The number of hydrogen-bond acceptors (Lipinski definition) is 5. The van der Waals surface area contributed by atoms with Gasteiger partial charge in [0.1, 0.15) is 5.75 Å². The fourth-order valence-corrected chi connectivity index (χ4v) is 1.20. The molecule has 1 aromatic rings. The topological polar surface area (TPSA) is 59.9 Å². The van der Waals surface area contributed by atoms with E-state index in [0.717, 1.165) is 5.71 Å². The summed E-state index contributed by atoms with van der Waals surface area (Å²) < 4.78 is 9.76. The maximum Gasteiger partial charge on any atom is 0.340 e. The van der Waals surface area contributed by atoms with Crippen LogP contribution < -0.4 is 10.2 Å². The van der Waals surface area contributed by atoms with Gasteiger partial charge in [-0.3, -0.25) is 5.43 Å². The minimum Gasteiger partial charge on any atom is -0.497 e. The molecule has 0 saturated carbocycles. The Bertz CT molecular complexity index is 437. The molecule has 5 heteroatoms. The second-order valence-corrected chi connectivity index (χ2v) is 3.57. The molecule has 92 valence electrons. The number of benzene rings is 1. The Labute approximate surface area is 100 Å². The third-order valence-corrected chi connectivity index (χ3v) is 2.03. The second kappa shape index (κ2) is 5.89. The number of hydrogen-bond donors (Lipinski definition) is 1. The predicted octanol–water partition coefficient (Wildman–Crippen LogP) is 2.29. The zero-order chi connectivity index (χ0) is 12.8. The average molecular weight is 236 g/mol. The molecule has 0 heterocycles. The summed E-state index contributed by atoms with van der Waals surface area (Å²) in [4.78, 5) is 11.6. The van der Waals surface area contributed by atoms with Gasteiger partial charge in [0.15, 0.2) is 0 Å². The van der Waals surface area contributed by atoms with Crippen LogP contribution in [0.15, 0.2) is 23.3 Å². The van der Waals surface area contributed by atoms with Gasteiger partial charge in [0.25, 0.3) is 0 Å². The lowest BCUT2D eigenvalue weighted by molar-refractivity contribution is 0.0601. The standard InChI is InChI=1S/C12H16N2O3/c1-8(2)13-14-11-6-5-9(16-3)7-10(11)12(15)17-4/h5-7,14H,1-4H3. The Morgan fingerprint density at radius 1 is 1.29 bits per heavy atom. The van der Waals surface area contributed by atoms with Crippen LogP contribution >= 0.6 is 0 Å². The monoisotopic (exact) mass is 236 g/mol. The molecule has 1 rings (SSSR count). The molecular weight excluding hydrogens is 220 g/mol. The molecule has 0 aromatic heterocycles. The Morgan fingerprint density at radius 3 is 2.53 bits per heavy atom. The molecule has 0 spiro atoms. The highest BCUT2D eigenvalue weighted by Gasteiger charge is 2.12. The molecule has 0 aliphatic heterocycles. The lowest BCUT2D eigenvalue weighted by atomic mass is 10.1. The number of hydrazone groups is 1. The highest BCUT2D eigenvalue weighted by atomic mass is 16.5. The first kappa shape index (κ1) is 13.0. The van der Waals surface area contributed by atoms with Gasteiger partial charge in [0, 0.05) is 5.71 Å². The minimum atomic E-state index is -0.435. The van der Waals surface area contributed by atoms with Crippen molar-refractivity contribution in [3.05, 3.63) is 23.8 Å². The molecule has 0 amide bonds. The lowest BCUT2D eigenvalue weighted by Crippen LogP contribution is -2.06. The summed E-state index contributed by atoms with van der Waals surface area (Å²) in [6.07, 6.45) is 0. The number of carbonyl (C=O) groups is 1. The highest BCUT2D eigenvalue weighted by Crippen LogP contribution is 2.22. The Balaban J connectivity index is 3.10. The smallest absolute Gasteiger partial charge is 0.340 e. The van der Waals surface area contributed by atoms with E-state index >= 15 is 0 Å². The summed E-state index contributed by atoms with van der Waals surface area (Å²) in [5, 5.41) is 4.05. The number of nitrogens with one attached hydrogen (secondary N) is 1. The van der Waals surface area contributed by atoms with Crippen molar-refractivity contribution < 1.29 is 14.3 Å². The first-order chi connectivity index (χ1) is 8.08. The molecule has 0 aliphatic carbocycles. The SMILES string of the molecule is COC(=O)c1cc(OC)ccc1NN=C(C)C. The summed E-state index contributed by atoms with van der Waals surface area (Å²) in [7, 11) is 2.87. The molecule has 17 heavy (non-hydrogen) atoms. The zero-order valence-electron chi connectivity index (χ0n) is 10.4. The maximum absolute atomic E-state index is 11.6. The highest BCUT2D eigenvalue weighted by molar-refractivity contribution is 5.96. The number of esters is 1. The fourth-order valence-electron chi connectivity index (χ4n) is 1.20. The molecule has 1 aromatic carbocycles. The van der Waals surface area contributed by atoms with Gasteiger partial charge in [-0.15, -0.1) is 0 Å². The van der Waals surface area contributed by atoms with Crippen LogP contribution in [-0.4, -0.2) is 25.9 Å². The van der Waals surface area contributed by atoms with Gasteiger partial charge >= 0.3 is 5.97 Å². The number of anilines is 1. The molecule has 0 unspecified atom stereocenters. The van der Waals surface area contributed by atoms with Crippen LogP contribution in [0.2, 0.25) is 0 Å². The van der Waals surface area contributed by atoms with Gasteiger partial charge in [-0.05, 0) is 32.0 Å². The zero-order valence-corrected chi connectivity index (χ0v) is 10.4. The van der Waals surface area contributed by atoms with Gasteiger partial charge in [-0.25, -0.2) is 4.79 Å². The Hall–Kier alpha value is -2.04. The second-order valence-electron chi connectivity index (χ2n) is 3.57. The Morgan fingerprint density at radius 2 is 2.00 bits per heavy atom. The Kier molecular flexibility index (Phi) is 4.51. The summed E-state index contributed by atoms with van der Waals surface area (Å²) in [6.45, 7) is 3.71. The van der Waals surface area contributed by atoms with Crippen molar-refractivity contribution in [2.45, 2.75) is 13.8 Å². The van der Waals surface area contributed by atoms with E-state index in [4.69, 9.17) is 9.47 Å². The van der Waals surface area contributed by atoms with E-state index in [1.54, 1.807) is 18.2 Å². The van der Waals surface area contributed by atoms with Crippen molar-refractivity contribution in [3.8, 4) is 5.75 Å². The molecule has 0 radical (unpaired) electrons. The minimum absolute atomic E-state index is 0.386. The van der Waals surface area contributed by atoms with Crippen molar-refractivity contribution in [3.63, 3.8) is 0 Å². The van der Waals surface area contributed by atoms with E-state index < -0.39 is 5.97 Å². The molecule has 0 aliphatic rings. The van der Waals surface area contributed by atoms with Crippen molar-refractivity contribution in [2.75, 3.05) is 19.6 Å². The van der Waals surface area contributed by atoms with Crippen LogP contribution in [0.4, 0.5) is 5.69 Å². The number of rotatable bonds is 4. The molecule has 0 saturated heterocycles. The lowest BCUT2D eigenvalue weighted by Gasteiger charge is -2.09. The molecule has 0 atom stereocenters. The van der Waals surface area contributed by atoms with E-state index in [9.17, 15) is 4.79 Å². The first-order valence-corrected chi connectivity index (χ1v) is 5.11. The molecule has 1 N–H and O–H groups in total. The summed E-state index contributed by atoms with van der Waals surface area (Å²) in [6, 6.07) is 5.07. The van der Waals surface area contributed by atoms with Crippen molar-refractivity contribution in [1.29, 1.82) is 0 Å². The van der Waals surface area contributed by atoms with E-state index in [-0.39, 0.29) is 0 Å². The van der Waals surface area contributed by atoms with Gasteiger partial charge in [-0.1, -0.05) is 0 Å². The van der Waals surface area contributed by atoms with E-state index in [0.29, 0.717) is 17.0 Å². The van der Waals surface area contributed by atoms with Crippen LogP contribution in [0.3, 0.4) is 0 Å². The van der Waals surface area contributed by atoms with Crippen molar-refractivity contribution in [2.24, 2.45) is 5.10 Å². The molecule has 5 nitrogen and oxygen atoms in total. The molecular formula is C12H16N2O3. The van der Waals surface area contributed by atoms with Gasteiger partial charge in [0.05, 0.1) is 25.5 Å². The van der Waals surface area contributed by atoms with Crippen LogP contribution in [0.5, 0.6) is 5.75 Å². The number of carbonyl (C=O) groups excluding carboxylic acids is 1. The first-order valence-electron chi connectivity index (χ1n) is 5.11. The normalized spacial score (nSPS) is 9.41. The van der Waals surface area contributed by atoms with E-state index in [1.807, 2.05) is 13.8 Å². The summed E-state index contributed by atoms with van der Waals surface area (Å²) in [5.74, 6) is 0.156. The average Bonchev–Trinajstić information content (AvgIpc) is 2.35. The third kappa shape index (κ3) is 3.48. The van der Waals surface area contributed by atoms with Crippen molar-refractivity contribution >= 4 is 17.4 Å². The predicted molar refractivity (Wildman–Crippen MR) is 66.7 cm³/mol. The van der Waals surface area contributed by atoms with E-state index in [2.05, 4.69) is 10.5 Å². The fraction of sp³-hybridized carbons (Fsp3) is 0.333. The maximum atomic E-state index is 11.6. The van der Waals surface area contributed by atoms with Gasteiger partial charge in [-0.2, -0.15) is 5.10 Å². The molecule has 0 bridgehead atoms. The molecule has 0 fully saturated rings. The van der Waals surface area contributed by atoms with Crippen LogP contribution in [0, 0.1) is 0 Å². The third-order valence-electron chi connectivity index (χ3n) is 2.03. The quantitative estimate of drug-likeness (QED) is 0.495. The summed E-state index contributed by atoms with van der Waals surface area (Å²) >= 11 is 0. The van der Waals surface area contributed by atoms with Crippen LogP contribution in [0.1, 0.15) is 24.2 Å². The van der Waals surface area contributed by atoms with Crippen molar-refractivity contribution in [1.82, 2.24) is 0 Å². The van der Waals surface area contributed by atoms with Crippen LogP contribution in [0.25, 0.3) is 0 Å². The largest absolute Gasteiger partial charge is 0.497 e.